The number of hydrogen-bond donors (Lipinski definition) is 1. The molecule has 1 N–H and O–H groups in total. The minimum Gasteiger partial charge on any atom is -0.479 e. The highest BCUT2D eigenvalue weighted by molar-refractivity contribution is 5.80. The minimum atomic E-state index is -4.16. The van der Waals surface area contributed by atoms with E-state index in [1.165, 1.54) is 0 Å². The third-order valence-electron chi connectivity index (χ3n) is 2.69. The number of carboxylic acid groups (broad SMARTS) is 1. The van der Waals surface area contributed by atoms with E-state index in [0.717, 1.165) is 0 Å². The van der Waals surface area contributed by atoms with E-state index >= 15 is 0 Å². The van der Waals surface area contributed by atoms with Crippen molar-refractivity contribution in [3.05, 3.63) is 0 Å². The molecule has 19 heavy (non-hydrogen) atoms. The van der Waals surface area contributed by atoms with Crippen LogP contribution in [-0.4, -0.2) is 52.4 Å². The van der Waals surface area contributed by atoms with Gasteiger partial charge in [-0.1, -0.05) is 0 Å². The summed E-state index contributed by atoms with van der Waals surface area (Å²) in [4.78, 5) is 22.8. The number of piperidine rings is 1. The number of likely N-dealkylation sites (tertiary alicyclic amines) is 1. The van der Waals surface area contributed by atoms with E-state index in [0.29, 0.717) is 4.90 Å². The minimum absolute atomic E-state index is 0.437. The standard InChI is InChI=1S/C11H16F3NO4/c1-9(2,3)19-8(18)15-5-4-10(12,7(16)17)11(13,14)6-15/h4-6H2,1-3H3,(H,16,17). The summed E-state index contributed by atoms with van der Waals surface area (Å²) >= 11 is 0. The zero-order valence-corrected chi connectivity index (χ0v) is 10.9. The lowest BCUT2D eigenvalue weighted by Gasteiger charge is -2.40. The Kier molecular flexibility index (Phi) is 3.75. The lowest BCUT2D eigenvalue weighted by Crippen LogP contribution is -2.62. The molecule has 0 aromatic heterocycles. The fourth-order valence-electron chi connectivity index (χ4n) is 1.66. The predicted octanol–water partition coefficient (Wildman–Crippen LogP) is 2.06. The van der Waals surface area contributed by atoms with Gasteiger partial charge in [-0.3, -0.25) is 0 Å². The van der Waals surface area contributed by atoms with Gasteiger partial charge in [-0.25, -0.2) is 22.8 Å². The van der Waals surface area contributed by atoms with Crippen molar-refractivity contribution in [2.75, 3.05) is 13.1 Å². The number of carboxylic acids is 1. The van der Waals surface area contributed by atoms with Crippen molar-refractivity contribution in [2.24, 2.45) is 0 Å². The van der Waals surface area contributed by atoms with E-state index in [4.69, 9.17) is 9.84 Å². The molecule has 1 aliphatic heterocycles. The molecule has 8 heteroatoms. The van der Waals surface area contributed by atoms with Crippen LogP contribution in [0.4, 0.5) is 18.0 Å². The van der Waals surface area contributed by atoms with Crippen LogP contribution in [0.15, 0.2) is 0 Å². The first kappa shape index (κ1) is 15.6. The number of aliphatic carboxylic acids is 1. The van der Waals surface area contributed by atoms with Gasteiger partial charge in [0.1, 0.15) is 5.60 Å². The molecule has 0 aromatic carbocycles. The summed E-state index contributed by atoms with van der Waals surface area (Å²) in [6.07, 6.45) is -1.99. The molecule has 1 atom stereocenters. The molecule has 0 aliphatic carbocycles. The van der Waals surface area contributed by atoms with Crippen molar-refractivity contribution in [3.8, 4) is 0 Å². The van der Waals surface area contributed by atoms with Gasteiger partial charge in [0.25, 0.3) is 5.67 Å². The molecule has 1 rings (SSSR count). The molecule has 1 aliphatic rings. The lowest BCUT2D eigenvalue weighted by atomic mass is 9.89. The number of rotatable bonds is 1. The van der Waals surface area contributed by atoms with E-state index in [2.05, 4.69) is 0 Å². The van der Waals surface area contributed by atoms with E-state index < -0.39 is 48.8 Å². The molecule has 0 radical (unpaired) electrons. The molecular formula is C11H16F3NO4. The second-order valence-corrected chi connectivity index (χ2v) is 5.46. The van der Waals surface area contributed by atoms with E-state index in [9.17, 15) is 22.8 Å². The number of halogens is 3. The molecule has 0 spiro atoms. The summed E-state index contributed by atoms with van der Waals surface area (Å²) in [5, 5.41) is 8.55. The third-order valence-corrected chi connectivity index (χ3v) is 2.69. The van der Waals surface area contributed by atoms with Crippen molar-refractivity contribution in [1.82, 2.24) is 4.90 Å². The van der Waals surface area contributed by atoms with Crippen molar-refractivity contribution in [3.63, 3.8) is 0 Å². The second kappa shape index (κ2) is 4.57. The van der Waals surface area contributed by atoms with Gasteiger partial charge >= 0.3 is 18.0 Å². The number of carbonyl (C=O) groups is 2. The normalized spacial score (nSPS) is 26.9. The summed E-state index contributed by atoms with van der Waals surface area (Å²) in [6, 6.07) is 0. The first-order valence-electron chi connectivity index (χ1n) is 5.67. The molecule has 1 heterocycles. The Morgan fingerprint density at radius 1 is 1.26 bits per heavy atom. The largest absolute Gasteiger partial charge is 0.479 e. The lowest BCUT2D eigenvalue weighted by molar-refractivity contribution is -0.201. The van der Waals surface area contributed by atoms with E-state index in [1.54, 1.807) is 20.8 Å². The molecule has 0 saturated carbocycles. The Morgan fingerprint density at radius 2 is 1.79 bits per heavy atom. The maximum atomic E-state index is 13.7. The first-order chi connectivity index (χ1) is 8.39. The number of hydrogen-bond acceptors (Lipinski definition) is 3. The Balaban J connectivity index is 2.82. The zero-order valence-electron chi connectivity index (χ0n) is 10.9. The highest BCUT2D eigenvalue weighted by Gasteiger charge is 2.64. The molecule has 0 bridgehead atoms. The van der Waals surface area contributed by atoms with Crippen LogP contribution in [0.25, 0.3) is 0 Å². The van der Waals surface area contributed by atoms with Crippen LogP contribution in [0, 0.1) is 0 Å². The maximum absolute atomic E-state index is 13.7. The van der Waals surface area contributed by atoms with Crippen LogP contribution in [0.3, 0.4) is 0 Å². The summed E-state index contributed by atoms with van der Waals surface area (Å²) in [6.45, 7) is 2.93. The van der Waals surface area contributed by atoms with Gasteiger partial charge in [0, 0.05) is 13.0 Å². The fourth-order valence-corrected chi connectivity index (χ4v) is 1.66. The molecule has 1 unspecified atom stereocenters. The van der Waals surface area contributed by atoms with Crippen LogP contribution >= 0.6 is 0 Å². The molecule has 1 fully saturated rings. The van der Waals surface area contributed by atoms with Gasteiger partial charge in [0.2, 0.25) is 0 Å². The molecule has 1 amide bonds. The Labute approximate surface area is 108 Å². The Hall–Kier alpha value is -1.47. The second-order valence-electron chi connectivity index (χ2n) is 5.46. The molecular weight excluding hydrogens is 267 g/mol. The van der Waals surface area contributed by atoms with Crippen molar-refractivity contribution in [2.45, 2.75) is 44.4 Å². The van der Waals surface area contributed by atoms with Gasteiger partial charge in [-0.05, 0) is 20.8 Å². The predicted molar refractivity (Wildman–Crippen MR) is 58.8 cm³/mol. The molecule has 5 nitrogen and oxygen atoms in total. The maximum Gasteiger partial charge on any atom is 0.410 e. The Morgan fingerprint density at radius 3 is 2.16 bits per heavy atom. The quantitative estimate of drug-likeness (QED) is 0.800. The monoisotopic (exact) mass is 283 g/mol. The van der Waals surface area contributed by atoms with Gasteiger partial charge < -0.3 is 14.7 Å². The van der Waals surface area contributed by atoms with Crippen LogP contribution in [0.2, 0.25) is 0 Å². The van der Waals surface area contributed by atoms with Crippen LogP contribution in [0.1, 0.15) is 27.2 Å². The van der Waals surface area contributed by atoms with E-state index in [-0.39, 0.29) is 0 Å². The average Bonchev–Trinajstić information content (AvgIpc) is 2.19. The summed E-state index contributed by atoms with van der Waals surface area (Å²) in [5.74, 6) is -6.38. The van der Waals surface area contributed by atoms with Crippen molar-refractivity contribution in [1.29, 1.82) is 0 Å². The number of carbonyl (C=O) groups excluding carboxylic acids is 1. The smallest absolute Gasteiger partial charge is 0.410 e. The number of ether oxygens (including phenoxy) is 1. The van der Waals surface area contributed by atoms with Gasteiger partial charge in [0.15, 0.2) is 0 Å². The van der Waals surface area contributed by atoms with Crippen molar-refractivity contribution >= 4 is 12.1 Å². The molecule has 110 valence electrons. The van der Waals surface area contributed by atoms with Crippen LogP contribution in [0.5, 0.6) is 0 Å². The highest BCUT2D eigenvalue weighted by atomic mass is 19.3. The fraction of sp³-hybridized carbons (Fsp3) is 0.818. The van der Waals surface area contributed by atoms with E-state index in [1.807, 2.05) is 0 Å². The van der Waals surface area contributed by atoms with Crippen LogP contribution in [-0.2, 0) is 9.53 Å². The average molecular weight is 283 g/mol. The summed E-state index contributed by atoms with van der Waals surface area (Å²) in [5.41, 5.74) is -4.52. The first-order valence-corrected chi connectivity index (χ1v) is 5.67. The number of nitrogens with zero attached hydrogens (tertiary/aromatic N) is 1. The van der Waals surface area contributed by atoms with Gasteiger partial charge in [-0.2, -0.15) is 0 Å². The summed E-state index contributed by atoms with van der Waals surface area (Å²) in [7, 11) is 0. The Bertz CT molecular complexity index is 394. The van der Waals surface area contributed by atoms with Crippen molar-refractivity contribution < 1.29 is 32.6 Å². The highest BCUT2D eigenvalue weighted by Crippen LogP contribution is 2.40. The molecule has 0 aromatic rings. The molecule has 1 saturated heterocycles. The summed E-state index contributed by atoms with van der Waals surface area (Å²) < 4.78 is 45.7. The van der Waals surface area contributed by atoms with Gasteiger partial charge in [-0.15, -0.1) is 0 Å². The number of alkyl halides is 3. The zero-order chi connectivity index (χ0) is 15.1. The number of amides is 1. The van der Waals surface area contributed by atoms with Gasteiger partial charge in [0.05, 0.1) is 6.54 Å². The SMILES string of the molecule is CC(C)(C)OC(=O)N1CCC(F)(C(=O)O)C(F)(F)C1. The van der Waals surface area contributed by atoms with Crippen LogP contribution < -0.4 is 0 Å². The third kappa shape index (κ3) is 3.10. The topological polar surface area (TPSA) is 66.8 Å².